The van der Waals surface area contributed by atoms with Gasteiger partial charge in [-0.15, -0.1) is 0 Å². The summed E-state index contributed by atoms with van der Waals surface area (Å²) in [4.78, 5) is -0.00644. The fraction of sp³-hybridized carbons (Fsp3) is 0.0769. The third-order valence-electron chi connectivity index (χ3n) is 2.66. The molecule has 2 aromatic rings. The average molecular weight is 280 g/mol. The first-order valence-corrected chi connectivity index (χ1v) is 7.01. The number of rotatable bonds is 3. The Morgan fingerprint density at radius 1 is 1.11 bits per heavy atom. The van der Waals surface area contributed by atoms with Crippen molar-refractivity contribution in [3.63, 3.8) is 0 Å². The van der Waals surface area contributed by atoms with E-state index in [0.717, 1.165) is 17.7 Å². The molecule has 0 saturated heterocycles. The average Bonchev–Trinajstić information content (AvgIpc) is 2.34. The number of hydrogen-bond donors (Lipinski definition) is 2. The van der Waals surface area contributed by atoms with Crippen LogP contribution in [0.4, 0.5) is 15.8 Å². The van der Waals surface area contributed by atoms with E-state index >= 15 is 0 Å². The highest BCUT2D eigenvalue weighted by Gasteiger charge is 2.14. The van der Waals surface area contributed by atoms with Crippen LogP contribution in [0.5, 0.6) is 0 Å². The highest BCUT2D eigenvalue weighted by Crippen LogP contribution is 2.20. The molecule has 0 heterocycles. The molecule has 0 radical (unpaired) electrons. The largest absolute Gasteiger partial charge is 0.398 e. The molecule has 0 aliphatic heterocycles. The van der Waals surface area contributed by atoms with Gasteiger partial charge in [-0.25, -0.2) is 12.8 Å². The zero-order valence-electron chi connectivity index (χ0n) is 10.2. The Balaban J connectivity index is 2.30. The number of aryl methyl sites for hydroxylation is 1. The second kappa shape index (κ2) is 4.89. The lowest BCUT2D eigenvalue weighted by molar-refractivity contribution is 0.599. The van der Waals surface area contributed by atoms with Crippen LogP contribution in [0.3, 0.4) is 0 Å². The van der Waals surface area contributed by atoms with E-state index in [9.17, 15) is 12.8 Å². The quantitative estimate of drug-likeness (QED) is 0.848. The van der Waals surface area contributed by atoms with Gasteiger partial charge in [0.15, 0.2) is 0 Å². The molecule has 19 heavy (non-hydrogen) atoms. The molecule has 0 aromatic heterocycles. The van der Waals surface area contributed by atoms with Gasteiger partial charge in [0.25, 0.3) is 10.0 Å². The Kier molecular flexibility index (Phi) is 3.44. The summed E-state index contributed by atoms with van der Waals surface area (Å²) in [5.74, 6) is -0.487. The van der Waals surface area contributed by atoms with Gasteiger partial charge in [-0.3, -0.25) is 4.72 Å². The van der Waals surface area contributed by atoms with E-state index in [2.05, 4.69) is 4.72 Å². The van der Waals surface area contributed by atoms with Gasteiger partial charge in [0.1, 0.15) is 5.82 Å². The first kappa shape index (κ1) is 13.4. The molecule has 0 unspecified atom stereocenters. The minimum Gasteiger partial charge on any atom is -0.398 e. The van der Waals surface area contributed by atoms with Crippen molar-refractivity contribution in [2.45, 2.75) is 11.8 Å². The summed E-state index contributed by atoms with van der Waals surface area (Å²) in [5.41, 5.74) is 7.45. The van der Waals surface area contributed by atoms with Gasteiger partial charge in [0.2, 0.25) is 0 Å². The molecular weight excluding hydrogens is 267 g/mol. The van der Waals surface area contributed by atoms with Gasteiger partial charge < -0.3 is 5.73 Å². The van der Waals surface area contributed by atoms with Crippen molar-refractivity contribution >= 4 is 21.4 Å². The number of benzene rings is 2. The molecule has 2 rings (SSSR count). The van der Waals surface area contributed by atoms with Crippen molar-refractivity contribution < 1.29 is 12.8 Å². The maximum absolute atomic E-state index is 12.8. The van der Waals surface area contributed by atoms with Crippen LogP contribution in [0.1, 0.15) is 5.56 Å². The summed E-state index contributed by atoms with van der Waals surface area (Å²) in [6.45, 7) is 1.83. The van der Waals surface area contributed by atoms with Crippen LogP contribution in [-0.2, 0) is 10.0 Å². The molecule has 0 aliphatic rings. The Hall–Kier alpha value is -2.08. The van der Waals surface area contributed by atoms with E-state index in [4.69, 9.17) is 5.73 Å². The van der Waals surface area contributed by atoms with Crippen molar-refractivity contribution in [3.8, 4) is 0 Å². The number of nitrogens with two attached hydrogens (primary N) is 1. The molecule has 4 nitrogen and oxygen atoms in total. The molecule has 0 amide bonds. The fourth-order valence-electron chi connectivity index (χ4n) is 1.53. The van der Waals surface area contributed by atoms with Crippen molar-refractivity contribution in [2.24, 2.45) is 0 Å². The van der Waals surface area contributed by atoms with Crippen LogP contribution in [0.2, 0.25) is 0 Å². The van der Waals surface area contributed by atoms with Gasteiger partial charge in [0.05, 0.1) is 10.6 Å². The molecular formula is C13H13FN2O2S. The van der Waals surface area contributed by atoms with Crippen molar-refractivity contribution in [2.75, 3.05) is 10.5 Å². The summed E-state index contributed by atoms with van der Waals surface area (Å²) >= 11 is 0. The van der Waals surface area contributed by atoms with E-state index < -0.39 is 15.8 Å². The van der Waals surface area contributed by atoms with E-state index in [1.54, 1.807) is 12.1 Å². The van der Waals surface area contributed by atoms with E-state index in [0.29, 0.717) is 11.4 Å². The van der Waals surface area contributed by atoms with Crippen LogP contribution in [0, 0.1) is 12.7 Å². The van der Waals surface area contributed by atoms with Crippen molar-refractivity contribution in [1.82, 2.24) is 0 Å². The van der Waals surface area contributed by atoms with Gasteiger partial charge in [-0.05, 0) is 48.9 Å². The lowest BCUT2D eigenvalue weighted by Gasteiger charge is -2.09. The SMILES string of the molecule is Cc1ccc(NS(=O)(=O)c2ccc(F)cc2)cc1N. The Labute approximate surface area is 111 Å². The third kappa shape index (κ3) is 3.03. The molecule has 0 saturated carbocycles. The topological polar surface area (TPSA) is 72.2 Å². The Bertz CT molecular complexity index is 697. The molecule has 0 aliphatic carbocycles. The van der Waals surface area contributed by atoms with Gasteiger partial charge >= 0.3 is 0 Å². The monoisotopic (exact) mass is 280 g/mol. The third-order valence-corrected chi connectivity index (χ3v) is 4.05. The van der Waals surface area contributed by atoms with Crippen molar-refractivity contribution in [3.05, 3.63) is 53.8 Å². The highest BCUT2D eigenvalue weighted by molar-refractivity contribution is 7.92. The minimum absolute atomic E-state index is 0.00644. The second-order valence-corrected chi connectivity index (χ2v) is 5.81. The normalized spacial score (nSPS) is 11.3. The van der Waals surface area contributed by atoms with Crippen molar-refractivity contribution in [1.29, 1.82) is 0 Å². The molecule has 0 spiro atoms. The second-order valence-electron chi connectivity index (χ2n) is 4.13. The van der Waals surface area contributed by atoms with Gasteiger partial charge in [0, 0.05) is 5.69 Å². The molecule has 6 heteroatoms. The summed E-state index contributed by atoms with van der Waals surface area (Å²) < 4.78 is 39.2. The molecule has 100 valence electrons. The Morgan fingerprint density at radius 2 is 1.74 bits per heavy atom. The number of hydrogen-bond acceptors (Lipinski definition) is 3. The standard InChI is InChI=1S/C13H13FN2O2S/c1-9-2-5-11(8-13(9)15)16-19(17,18)12-6-3-10(14)4-7-12/h2-8,16H,15H2,1H3. The zero-order chi connectivity index (χ0) is 14.0. The molecule has 3 N–H and O–H groups in total. The van der Waals surface area contributed by atoms with Crippen LogP contribution in [0.15, 0.2) is 47.4 Å². The molecule has 2 aromatic carbocycles. The number of sulfonamides is 1. The summed E-state index contributed by atoms with van der Waals surface area (Å²) in [5, 5.41) is 0. The van der Waals surface area contributed by atoms with E-state index in [1.165, 1.54) is 18.2 Å². The number of anilines is 2. The Morgan fingerprint density at radius 3 is 2.32 bits per heavy atom. The van der Waals surface area contributed by atoms with Crippen LogP contribution in [0.25, 0.3) is 0 Å². The molecule has 0 atom stereocenters. The van der Waals surface area contributed by atoms with Gasteiger partial charge in [-0.2, -0.15) is 0 Å². The number of nitrogen functional groups attached to an aromatic ring is 1. The lowest BCUT2D eigenvalue weighted by atomic mass is 10.2. The first-order chi connectivity index (χ1) is 8.88. The van der Waals surface area contributed by atoms with Gasteiger partial charge in [-0.1, -0.05) is 6.07 Å². The predicted molar refractivity (Wildman–Crippen MR) is 72.8 cm³/mol. The summed E-state index contributed by atoms with van der Waals surface area (Å²) in [6.07, 6.45) is 0. The smallest absolute Gasteiger partial charge is 0.261 e. The van der Waals surface area contributed by atoms with Crippen LogP contribution >= 0.6 is 0 Å². The maximum atomic E-state index is 12.8. The van der Waals surface area contributed by atoms with E-state index in [1.807, 2.05) is 6.92 Å². The number of halogens is 1. The predicted octanol–water partition coefficient (Wildman–Crippen LogP) is 2.52. The zero-order valence-corrected chi connectivity index (χ0v) is 11.0. The van der Waals surface area contributed by atoms with Crippen LogP contribution in [-0.4, -0.2) is 8.42 Å². The first-order valence-electron chi connectivity index (χ1n) is 5.53. The fourth-order valence-corrected chi connectivity index (χ4v) is 2.58. The molecule has 0 fully saturated rings. The lowest BCUT2D eigenvalue weighted by Crippen LogP contribution is -2.13. The summed E-state index contributed by atoms with van der Waals surface area (Å²) in [6, 6.07) is 9.47. The summed E-state index contributed by atoms with van der Waals surface area (Å²) in [7, 11) is -3.73. The number of nitrogens with one attached hydrogen (secondary N) is 1. The van der Waals surface area contributed by atoms with E-state index in [-0.39, 0.29) is 4.90 Å². The minimum atomic E-state index is -3.73. The maximum Gasteiger partial charge on any atom is 0.261 e. The van der Waals surface area contributed by atoms with Crippen LogP contribution < -0.4 is 10.5 Å². The highest BCUT2D eigenvalue weighted by atomic mass is 32.2. The molecule has 0 bridgehead atoms.